The van der Waals surface area contributed by atoms with E-state index in [0.717, 1.165) is 32.1 Å². The predicted molar refractivity (Wildman–Crippen MR) is 93.8 cm³/mol. The predicted octanol–water partition coefficient (Wildman–Crippen LogP) is 3.10. The normalized spacial score (nSPS) is 50.8. The first-order chi connectivity index (χ1) is 10.9. The van der Waals surface area contributed by atoms with Gasteiger partial charge in [0.05, 0.1) is 0 Å². The maximum atomic E-state index is 10.2. The lowest BCUT2D eigenvalue weighted by Crippen LogP contribution is -2.52. The molecule has 0 saturated heterocycles. The molecule has 0 aromatic carbocycles. The van der Waals surface area contributed by atoms with Gasteiger partial charge < -0.3 is 15.9 Å². The molecule has 0 amide bonds. The molecular weight excluding hydrogens is 286 g/mol. The summed E-state index contributed by atoms with van der Waals surface area (Å²) in [5.41, 5.74) is 7.90. The quantitative estimate of drug-likeness (QED) is 0.700. The Morgan fingerprint density at radius 1 is 1.09 bits per heavy atom. The minimum atomic E-state index is 0.114. The summed E-state index contributed by atoms with van der Waals surface area (Å²) in [7, 11) is 0. The molecule has 3 fully saturated rings. The number of fused-ring (bicyclic) bond motifs is 1. The molecule has 3 saturated carbocycles. The maximum absolute atomic E-state index is 10.2. The molecule has 0 aromatic heterocycles. The highest BCUT2D eigenvalue weighted by Crippen LogP contribution is 2.63. The van der Waals surface area contributed by atoms with E-state index in [2.05, 4.69) is 20.4 Å². The smallest absolute Gasteiger partial charge is 0.0465 e. The van der Waals surface area contributed by atoms with Crippen LogP contribution in [-0.2, 0) is 0 Å². The van der Waals surface area contributed by atoms with Crippen LogP contribution in [0.15, 0.2) is 12.2 Å². The monoisotopic (exact) mass is 321 g/mol. The Morgan fingerprint density at radius 3 is 2.48 bits per heavy atom. The van der Waals surface area contributed by atoms with Crippen LogP contribution in [0.4, 0.5) is 0 Å². The van der Waals surface area contributed by atoms with E-state index in [-0.39, 0.29) is 36.0 Å². The number of aliphatic hydroxyl groups excluding tert-OH is 2. The molecule has 3 rings (SSSR count). The van der Waals surface area contributed by atoms with Crippen molar-refractivity contribution in [3.63, 3.8) is 0 Å². The van der Waals surface area contributed by atoms with Gasteiger partial charge in [-0.05, 0) is 79.4 Å². The molecule has 0 radical (unpaired) electrons. The summed E-state index contributed by atoms with van der Waals surface area (Å²) in [4.78, 5) is 0. The first-order valence-electron chi connectivity index (χ1n) is 9.52. The lowest BCUT2D eigenvalue weighted by Gasteiger charge is -2.56. The molecule has 0 bridgehead atoms. The van der Waals surface area contributed by atoms with Crippen LogP contribution in [0.3, 0.4) is 0 Å². The van der Waals surface area contributed by atoms with Crippen molar-refractivity contribution in [2.24, 2.45) is 40.2 Å². The van der Waals surface area contributed by atoms with E-state index in [0.29, 0.717) is 17.8 Å². The van der Waals surface area contributed by atoms with Crippen molar-refractivity contribution in [2.75, 3.05) is 13.2 Å². The molecule has 0 spiro atoms. The fraction of sp³-hybridized carbons (Fsp3) is 0.900. The van der Waals surface area contributed by atoms with Gasteiger partial charge in [0, 0.05) is 19.3 Å². The van der Waals surface area contributed by atoms with E-state index in [1.165, 1.54) is 18.4 Å². The van der Waals surface area contributed by atoms with Gasteiger partial charge in [0.1, 0.15) is 0 Å². The van der Waals surface area contributed by atoms with Gasteiger partial charge in [-0.1, -0.05) is 26.0 Å². The van der Waals surface area contributed by atoms with Gasteiger partial charge in [-0.25, -0.2) is 0 Å². The van der Waals surface area contributed by atoms with E-state index in [1.54, 1.807) is 0 Å². The van der Waals surface area contributed by atoms with Crippen LogP contribution < -0.4 is 5.73 Å². The van der Waals surface area contributed by atoms with Crippen LogP contribution in [0.1, 0.15) is 58.8 Å². The summed E-state index contributed by atoms with van der Waals surface area (Å²) in [5, 5.41) is 20.2. The fourth-order valence-corrected chi connectivity index (χ4v) is 6.49. The number of rotatable bonds is 3. The van der Waals surface area contributed by atoms with Crippen LogP contribution in [0.25, 0.3) is 0 Å². The number of hydrogen-bond acceptors (Lipinski definition) is 3. The highest BCUT2D eigenvalue weighted by atomic mass is 16.3. The molecule has 3 heteroatoms. The molecule has 0 unspecified atom stereocenters. The topological polar surface area (TPSA) is 66.5 Å². The molecule has 0 heterocycles. The van der Waals surface area contributed by atoms with Crippen molar-refractivity contribution in [3.8, 4) is 0 Å². The second-order valence-electron chi connectivity index (χ2n) is 9.08. The molecule has 4 N–H and O–H groups in total. The van der Waals surface area contributed by atoms with Gasteiger partial charge in [-0.3, -0.25) is 0 Å². The number of hydrogen-bond donors (Lipinski definition) is 3. The molecule has 132 valence electrons. The lowest BCUT2D eigenvalue weighted by atomic mass is 9.49. The largest absolute Gasteiger partial charge is 0.396 e. The molecule has 7 atom stereocenters. The van der Waals surface area contributed by atoms with E-state index in [4.69, 9.17) is 5.73 Å². The van der Waals surface area contributed by atoms with Crippen LogP contribution in [-0.4, -0.2) is 29.5 Å². The third-order valence-electron chi connectivity index (χ3n) is 8.24. The summed E-state index contributed by atoms with van der Waals surface area (Å²) in [6, 6.07) is 0.230. The Kier molecular flexibility index (Phi) is 4.67. The van der Waals surface area contributed by atoms with Crippen molar-refractivity contribution >= 4 is 0 Å². The van der Waals surface area contributed by atoms with Gasteiger partial charge in [-0.15, -0.1) is 0 Å². The zero-order valence-electron chi connectivity index (χ0n) is 14.9. The van der Waals surface area contributed by atoms with E-state index < -0.39 is 0 Å². The Labute approximate surface area is 141 Å². The van der Waals surface area contributed by atoms with Gasteiger partial charge >= 0.3 is 0 Å². The molecule has 23 heavy (non-hydrogen) atoms. The molecule has 3 aliphatic rings. The third kappa shape index (κ3) is 2.60. The number of allylic oxidation sites excluding steroid dienone is 1. The second kappa shape index (κ2) is 6.16. The average molecular weight is 322 g/mol. The average Bonchev–Trinajstić information content (AvgIpc) is 2.84. The Balaban J connectivity index is 1.89. The summed E-state index contributed by atoms with van der Waals surface area (Å²) >= 11 is 0. The Bertz CT molecular complexity index is 465. The molecule has 3 aliphatic carbocycles. The maximum Gasteiger partial charge on any atom is 0.0465 e. The summed E-state index contributed by atoms with van der Waals surface area (Å²) in [6.07, 6.45) is 7.71. The van der Waals surface area contributed by atoms with E-state index >= 15 is 0 Å². The summed E-state index contributed by atoms with van der Waals surface area (Å²) in [6.45, 7) is 9.57. The van der Waals surface area contributed by atoms with E-state index in [9.17, 15) is 10.2 Å². The van der Waals surface area contributed by atoms with Crippen molar-refractivity contribution in [1.29, 1.82) is 0 Å². The molecule has 0 aromatic rings. The molecular formula is C20H35NO2. The summed E-state index contributed by atoms with van der Waals surface area (Å²) in [5.74, 6) is 1.69. The lowest BCUT2D eigenvalue weighted by molar-refractivity contribution is -0.0883. The highest BCUT2D eigenvalue weighted by molar-refractivity contribution is 5.20. The highest BCUT2D eigenvalue weighted by Gasteiger charge is 2.56. The Hall–Kier alpha value is -0.380. The number of aliphatic hydroxyl groups is 2. The molecule has 3 nitrogen and oxygen atoms in total. The second-order valence-corrected chi connectivity index (χ2v) is 9.08. The van der Waals surface area contributed by atoms with Gasteiger partial charge in [0.2, 0.25) is 0 Å². The zero-order valence-corrected chi connectivity index (χ0v) is 14.9. The third-order valence-corrected chi connectivity index (χ3v) is 8.24. The van der Waals surface area contributed by atoms with Crippen LogP contribution in [0.2, 0.25) is 0 Å². The first kappa shape index (κ1) is 17.4. The SMILES string of the molecule is C=C1CC[C@H]2[C@H](CO)[C@@H]([C@@]3(C)CC[C@H](N)C[C@@H]3CO)CC[C@]12C. The van der Waals surface area contributed by atoms with Crippen LogP contribution in [0.5, 0.6) is 0 Å². The Morgan fingerprint density at radius 2 is 1.83 bits per heavy atom. The minimum Gasteiger partial charge on any atom is -0.396 e. The molecule has 0 aliphatic heterocycles. The van der Waals surface area contributed by atoms with Gasteiger partial charge in [0.15, 0.2) is 0 Å². The number of nitrogens with two attached hydrogens (primary N) is 1. The van der Waals surface area contributed by atoms with Crippen LogP contribution >= 0.6 is 0 Å². The van der Waals surface area contributed by atoms with Gasteiger partial charge in [0.25, 0.3) is 0 Å². The van der Waals surface area contributed by atoms with Gasteiger partial charge in [-0.2, -0.15) is 0 Å². The fourth-order valence-electron chi connectivity index (χ4n) is 6.49. The standard InChI is InChI=1S/C20H35NO2/c1-13-4-5-17-16(12-23)18(7-9-19(13,17)2)20(3)8-6-15(21)10-14(20)11-22/h14-18,22-23H,1,4-12,21H2,2-3H3/t14-,15+,16+,17+,18+,19-,20+/m1/s1. The van der Waals surface area contributed by atoms with Crippen molar-refractivity contribution < 1.29 is 10.2 Å². The van der Waals surface area contributed by atoms with Crippen molar-refractivity contribution in [1.82, 2.24) is 0 Å². The van der Waals surface area contributed by atoms with Crippen LogP contribution in [0, 0.1) is 34.5 Å². The minimum absolute atomic E-state index is 0.114. The summed E-state index contributed by atoms with van der Waals surface area (Å²) < 4.78 is 0. The van der Waals surface area contributed by atoms with Crippen molar-refractivity contribution in [2.45, 2.75) is 64.8 Å². The zero-order chi connectivity index (χ0) is 16.8. The van der Waals surface area contributed by atoms with E-state index in [1.807, 2.05) is 0 Å². The first-order valence-corrected chi connectivity index (χ1v) is 9.52. The van der Waals surface area contributed by atoms with Crippen molar-refractivity contribution in [3.05, 3.63) is 12.2 Å².